The highest BCUT2D eigenvalue weighted by atomic mass is 32.1. The lowest BCUT2D eigenvalue weighted by atomic mass is 10.1. The van der Waals surface area contributed by atoms with E-state index in [9.17, 15) is 9.59 Å². The number of thiazole rings is 1. The van der Waals surface area contributed by atoms with Crippen LogP contribution in [0.3, 0.4) is 0 Å². The molecule has 0 aromatic carbocycles. The molecule has 33 heavy (non-hydrogen) atoms. The minimum Gasteiger partial charge on any atom is -0.453 e. The Bertz CT molecular complexity index is 944. The first kappa shape index (κ1) is 23.6. The number of nitrogens with one attached hydrogen (secondary N) is 1. The molecule has 0 spiro atoms. The quantitative estimate of drug-likeness (QED) is 0.556. The van der Waals surface area contributed by atoms with Crippen LogP contribution in [0.2, 0.25) is 0 Å². The summed E-state index contributed by atoms with van der Waals surface area (Å²) in [6.45, 7) is 3.21. The van der Waals surface area contributed by atoms with Crippen molar-refractivity contribution in [3.8, 4) is 10.4 Å². The zero-order valence-electron chi connectivity index (χ0n) is 19.2. The van der Waals surface area contributed by atoms with E-state index in [-0.39, 0.29) is 24.1 Å². The molecule has 3 heterocycles. The van der Waals surface area contributed by atoms with Gasteiger partial charge in [0.2, 0.25) is 0 Å². The number of methoxy groups -OCH3 is 1. The summed E-state index contributed by atoms with van der Waals surface area (Å²) in [4.78, 5) is 41.0. The van der Waals surface area contributed by atoms with Gasteiger partial charge < -0.3 is 19.7 Å². The lowest BCUT2D eigenvalue weighted by molar-refractivity contribution is -0.149. The van der Waals surface area contributed by atoms with Crippen LogP contribution in [0.25, 0.3) is 10.4 Å². The Labute approximate surface area is 197 Å². The molecule has 0 radical (unpaired) electrons. The van der Waals surface area contributed by atoms with Crippen molar-refractivity contribution < 1.29 is 19.1 Å². The summed E-state index contributed by atoms with van der Waals surface area (Å²) < 4.78 is 10.4. The van der Waals surface area contributed by atoms with E-state index in [4.69, 9.17) is 9.72 Å². The number of hydrogen-bond donors (Lipinski definition) is 1. The average molecular weight is 474 g/mol. The second-order valence-electron chi connectivity index (χ2n) is 8.48. The molecule has 1 aliphatic carbocycles. The number of hydrogen-bond acceptors (Lipinski definition) is 8. The fourth-order valence-corrected chi connectivity index (χ4v) is 5.28. The second kappa shape index (κ2) is 11.0. The fourth-order valence-electron chi connectivity index (χ4n) is 4.14. The van der Waals surface area contributed by atoms with Crippen LogP contribution in [0.5, 0.6) is 0 Å². The Morgan fingerprint density at radius 2 is 2.06 bits per heavy atom. The van der Waals surface area contributed by atoms with E-state index in [1.165, 1.54) is 13.4 Å². The minimum atomic E-state index is -0.442. The van der Waals surface area contributed by atoms with E-state index < -0.39 is 6.09 Å². The SMILES string of the molecule is COC(=O)NCCCc1nc([C@@H](C)N(C(=O)[C@H]2CCCCO2)C2CC2)sc1-c1cncnc1. The summed E-state index contributed by atoms with van der Waals surface area (Å²) in [5.74, 6) is 0.0910. The first-order valence-electron chi connectivity index (χ1n) is 11.6. The molecule has 2 atom stereocenters. The Morgan fingerprint density at radius 3 is 2.73 bits per heavy atom. The highest BCUT2D eigenvalue weighted by molar-refractivity contribution is 7.15. The molecule has 2 aliphatic rings. The number of rotatable bonds is 9. The smallest absolute Gasteiger partial charge is 0.406 e. The van der Waals surface area contributed by atoms with Gasteiger partial charge in [-0.05, 0) is 51.9 Å². The van der Waals surface area contributed by atoms with Crippen LogP contribution in [-0.2, 0) is 20.7 Å². The number of aryl methyl sites for hydroxylation is 1. The first-order chi connectivity index (χ1) is 16.1. The van der Waals surface area contributed by atoms with Crippen molar-refractivity contribution in [1.82, 2.24) is 25.2 Å². The standard InChI is InChI=1S/C23H31N5O4S/c1-15(28(17-8-9-17)22(29)19-7-3-4-11-32-19)21-27-18(6-5-10-26-23(30)31-2)20(33-21)16-12-24-14-25-13-16/h12-15,17,19H,3-11H2,1-2H3,(H,26,30)/t15-,19-/m1/s1. The molecule has 4 rings (SSSR count). The third-order valence-corrected chi connectivity index (χ3v) is 7.32. The van der Waals surface area contributed by atoms with E-state index in [1.807, 2.05) is 4.90 Å². The van der Waals surface area contributed by atoms with E-state index in [0.717, 1.165) is 53.2 Å². The highest BCUT2D eigenvalue weighted by Crippen LogP contribution is 2.40. The van der Waals surface area contributed by atoms with E-state index in [0.29, 0.717) is 26.0 Å². The lowest BCUT2D eigenvalue weighted by Gasteiger charge is -2.33. The third kappa shape index (κ3) is 5.86. The molecule has 0 bridgehead atoms. The van der Waals surface area contributed by atoms with Crippen molar-refractivity contribution >= 4 is 23.3 Å². The van der Waals surface area contributed by atoms with Crippen molar-refractivity contribution in [2.75, 3.05) is 20.3 Å². The maximum Gasteiger partial charge on any atom is 0.406 e. The molecule has 178 valence electrons. The van der Waals surface area contributed by atoms with Crippen LogP contribution < -0.4 is 5.32 Å². The van der Waals surface area contributed by atoms with Gasteiger partial charge in [0.05, 0.1) is 23.7 Å². The number of carbonyl (C=O) groups excluding carboxylic acids is 2. The molecule has 1 saturated carbocycles. The number of carbonyl (C=O) groups is 2. The molecule has 1 aliphatic heterocycles. The summed E-state index contributed by atoms with van der Waals surface area (Å²) in [5.41, 5.74) is 1.84. The molecule has 2 aromatic heterocycles. The maximum atomic E-state index is 13.4. The van der Waals surface area contributed by atoms with Gasteiger partial charge in [-0.3, -0.25) is 4.79 Å². The molecule has 1 saturated heterocycles. The zero-order chi connectivity index (χ0) is 23.2. The Hall–Kier alpha value is -2.59. The number of amides is 2. The minimum absolute atomic E-state index is 0.0910. The Morgan fingerprint density at radius 1 is 1.27 bits per heavy atom. The summed E-state index contributed by atoms with van der Waals surface area (Å²) in [6, 6.07) is 0.129. The van der Waals surface area contributed by atoms with E-state index >= 15 is 0 Å². The van der Waals surface area contributed by atoms with Gasteiger partial charge in [0.15, 0.2) is 0 Å². The number of aromatic nitrogens is 3. The Balaban J connectivity index is 1.54. The van der Waals surface area contributed by atoms with Gasteiger partial charge in [0.25, 0.3) is 5.91 Å². The molecule has 1 N–H and O–H groups in total. The summed E-state index contributed by atoms with van der Waals surface area (Å²) in [7, 11) is 1.35. The number of nitrogens with zero attached hydrogens (tertiary/aromatic N) is 4. The normalized spacial score (nSPS) is 19.0. The number of ether oxygens (including phenoxy) is 2. The molecule has 2 amide bonds. The topological polar surface area (TPSA) is 107 Å². The van der Waals surface area contributed by atoms with Crippen molar-refractivity contribution in [3.05, 3.63) is 29.4 Å². The fraction of sp³-hybridized carbons (Fsp3) is 0.609. The zero-order valence-corrected chi connectivity index (χ0v) is 20.0. The molecule has 2 aromatic rings. The van der Waals surface area contributed by atoms with Crippen molar-refractivity contribution in [2.24, 2.45) is 0 Å². The Kier molecular flexibility index (Phi) is 7.87. The monoisotopic (exact) mass is 473 g/mol. The number of alkyl carbamates (subject to hydrolysis) is 1. The van der Waals surface area contributed by atoms with Crippen LogP contribution in [-0.4, -0.2) is 64.3 Å². The van der Waals surface area contributed by atoms with Crippen LogP contribution in [0.1, 0.15) is 62.2 Å². The third-order valence-electron chi connectivity index (χ3n) is 6.01. The second-order valence-corrected chi connectivity index (χ2v) is 9.52. The molecular weight excluding hydrogens is 442 g/mol. The van der Waals surface area contributed by atoms with Crippen molar-refractivity contribution in [2.45, 2.75) is 70.1 Å². The van der Waals surface area contributed by atoms with Gasteiger partial charge in [-0.15, -0.1) is 11.3 Å². The van der Waals surface area contributed by atoms with Crippen LogP contribution in [0.15, 0.2) is 18.7 Å². The molecule has 10 heteroatoms. The van der Waals surface area contributed by atoms with Crippen molar-refractivity contribution in [3.63, 3.8) is 0 Å². The molecular formula is C23H31N5O4S. The molecule has 0 unspecified atom stereocenters. The van der Waals surface area contributed by atoms with Gasteiger partial charge >= 0.3 is 6.09 Å². The average Bonchev–Trinajstić information content (AvgIpc) is 3.60. The maximum absolute atomic E-state index is 13.4. The van der Waals surface area contributed by atoms with Gasteiger partial charge in [-0.25, -0.2) is 19.7 Å². The van der Waals surface area contributed by atoms with Gasteiger partial charge in [-0.2, -0.15) is 0 Å². The molecule has 9 nitrogen and oxygen atoms in total. The summed E-state index contributed by atoms with van der Waals surface area (Å²) in [5, 5.41) is 3.61. The van der Waals surface area contributed by atoms with E-state index in [2.05, 4.69) is 26.9 Å². The predicted octanol–water partition coefficient (Wildman–Crippen LogP) is 3.51. The molecule has 2 fully saturated rings. The van der Waals surface area contributed by atoms with Crippen LogP contribution >= 0.6 is 11.3 Å². The van der Waals surface area contributed by atoms with Gasteiger partial charge in [0.1, 0.15) is 17.4 Å². The highest BCUT2D eigenvalue weighted by Gasteiger charge is 2.41. The predicted molar refractivity (Wildman–Crippen MR) is 124 cm³/mol. The van der Waals surface area contributed by atoms with Crippen molar-refractivity contribution in [1.29, 1.82) is 0 Å². The van der Waals surface area contributed by atoms with Crippen LogP contribution in [0, 0.1) is 0 Å². The largest absolute Gasteiger partial charge is 0.453 e. The van der Waals surface area contributed by atoms with Crippen LogP contribution in [0.4, 0.5) is 4.79 Å². The van der Waals surface area contributed by atoms with Gasteiger partial charge in [-0.1, -0.05) is 0 Å². The lowest BCUT2D eigenvalue weighted by Crippen LogP contribution is -2.44. The first-order valence-corrected chi connectivity index (χ1v) is 12.4. The van der Waals surface area contributed by atoms with E-state index in [1.54, 1.807) is 23.7 Å². The summed E-state index contributed by atoms with van der Waals surface area (Å²) >= 11 is 1.59. The summed E-state index contributed by atoms with van der Waals surface area (Å²) in [6.07, 6.45) is 10.6. The van der Waals surface area contributed by atoms with Gasteiger partial charge in [0, 0.05) is 37.2 Å².